The summed E-state index contributed by atoms with van der Waals surface area (Å²) < 4.78 is 6.77. The van der Waals surface area contributed by atoms with Crippen LogP contribution < -0.4 is 16.6 Å². The first-order valence-corrected chi connectivity index (χ1v) is 7.41. The van der Waals surface area contributed by atoms with Gasteiger partial charge in [0, 0.05) is 24.6 Å². The topological polar surface area (TPSA) is 151 Å². The minimum Gasteiger partial charge on any atom is -0.481 e. The molecular weight excluding hydrogens is 322 g/mol. The molecular formula is C14H19N3O7. The third kappa shape index (κ3) is 4.09. The number of carbonyl (C=O) groups is 2. The van der Waals surface area contributed by atoms with E-state index in [0.717, 1.165) is 0 Å². The Kier molecular flexibility index (Phi) is 5.52. The van der Waals surface area contributed by atoms with Gasteiger partial charge in [-0.05, 0) is 6.92 Å². The Morgan fingerprint density at radius 2 is 2.12 bits per heavy atom. The summed E-state index contributed by atoms with van der Waals surface area (Å²) in [5, 5.41) is 20.6. The first-order chi connectivity index (χ1) is 11.3. The second kappa shape index (κ2) is 7.41. The smallest absolute Gasteiger partial charge is 0.330 e. The van der Waals surface area contributed by atoms with Crippen LogP contribution in [-0.2, 0) is 14.3 Å². The van der Waals surface area contributed by atoms with Crippen molar-refractivity contribution >= 4 is 11.9 Å². The van der Waals surface area contributed by atoms with E-state index in [4.69, 9.17) is 9.84 Å². The molecule has 1 aromatic heterocycles. The van der Waals surface area contributed by atoms with Gasteiger partial charge < -0.3 is 20.3 Å². The van der Waals surface area contributed by atoms with Crippen LogP contribution in [0.15, 0.2) is 15.8 Å². The third-order valence-electron chi connectivity index (χ3n) is 3.78. The summed E-state index contributed by atoms with van der Waals surface area (Å²) in [6, 6.07) is -0.569. The molecule has 0 bridgehead atoms. The molecule has 0 spiro atoms. The zero-order chi connectivity index (χ0) is 17.9. The van der Waals surface area contributed by atoms with Crippen molar-refractivity contribution < 1.29 is 24.5 Å². The Hall–Kier alpha value is -2.46. The molecule has 2 heterocycles. The fraction of sp³-hybridized carbons (Fsp3) is 0.571. The summed E-state index contributed by atoms with van der Waals surface area (Å²) in [6.45, 7) is 1.16. The van der Waals surface area contributed by atoms with E-state index in [9.17, 15) is 24.3 Å². The summed E-state index contributed by atoms with van der Waals surface area (Å²) in [4.78, 5) is 47.7. The predicted octanol–water partition coefficient (Wildman–Crippen LogP) is -1.53. The van der Waals surface area contributed by atoms with Gasteiger partial charge in [-0.15, -0.1) is 0 Å². The molecule has 10 nitrogen and oxygen atoms in total. The Balaban J connectivity index is 2.10. The highest BCUT2D eigenvalue weighted by Gasteiger charge is 2.37. The van der Waals surface area contributed by atoms with Gasteiger partial charge in [0.15, 0.2) is 0 Å². The second-order valence-corrected chi connectivity index (χ2v) is 5.59. The second-order valence-electron chi connectivity index (χ2n) is 5.59. The number of amides is 1. The van der Waals surface area contributed by atoms with Crippen molar-refractivity contribution in [1.29, 1.82) is 0 Å². The minimum atomic E-state index is -1.08. The monoisotopic (exact) mass is 341 g/mol. The molecule has 0 aliphatic carbocycles. The first-order valence-electron chi connectivity index (χ1n) is 7.41. The van der Waals surface area contributed by atoms with E-state index in [1.54, 1.807) is 6.92 Å². The zero-order valence-corrected chi connectivity index (χ0v) is 13.0. The molecule has 4 N–H and O–H groups in total. The van der Waals surface area contributed by atoms with Crippen LogP contribution in [-0.4, -0.2) is 50.4 Å². The van der Waals surface area contributed by atoms with Gasteiger partial charge in [-0.3, -0.25) is 23.9 Å². The minimum absolute atomic E-state index is 0.188. The fourth-order valence-electron chi connectivity index (χ4n) is 2.52. The number of hydrogen-bond donors (Lipinski definition) is 4. The fourth-order valence-corrected chi connectivity index (χ4v) is 2.52. The highest BCUT2D eigenvalue weighted by Crippen LogP contribution is 2.27. The Bertz CT molecular complexity index is 739. The number of carboxylic acid groups (broad SMARTS) is 1. The standard InChI is InChI=1S/C14H19N3O7/c1-7-5-17(14(23)16-13(7)22)11-4-8(9(6-18)24-11)15-10(19)2-3-12(20)21/h5,8-9,11,18H,2-4,6H2,1H3,(H,15,19)(H,20,21)(H,16,22,23)/t8-,9+,11+/m0/s1. The maximum Gasteiger partial charge on any atom is 0.330 e. The maximum atomic E-state index is 11.9. The number of aromatic amines is 1. The van der Waals surface area contributed by atoms with Crippen molar-refractivity contribution in [3.05, 3.63) is 32.6 Å². The summed E-state index contributed by atoms with van der Waals surface area (Å²) in [5.41, 5.74) is -0.815. The zero-order valence-electron chi connectivity index (χ0n) is 13.0. The van der Waals surface area contributed by atoms with Crippen molar-refractivity contribution in [3.63, 3.8) is 0 Å². The molecule has 0 radical (unpaired) electrons. The van der Waals surface area contributed by atoms with E-state index in [1.807, 2.05) is 0 Å². The molecule has 2 rings (SSSR count). The molecule has 1 saturated heterocycles. The quantitative estimate of drug-likeness (QED) is 0.490. The van der Waals surface area contributed by atoms with Crippen LogP contribution in [0.3, 0.4) is 0 Å². The molecule has 1 amide bonds. The van der Waals surface area contributed by atoms with Crippen molar-refractivity contribution in [2.45, 2.75) is 44.6 Å². The predicted molar refractivity (Wildman–Crippen MR) is 80.5 cm³/mol. The summed E-state index contributed by atoms with van der Waals surface area (Å²) in [6.07, 6.45) is -0.417. The maximum absolute atomic E-state index is 11.9. The molecule has 0 saturated carbocycles. The lowest BCUT2D eigenvalue weighted by Gasteiger charge is -2.17. The number of aromatic nitrogens is 2. The largest absolute Gasteiger partial charge is 0.481 e. The number of aliphatic carboxylic acids is 1. The number of aliphatic hydroxyl groups excluding tert-OH is 1. The number of aryl methyl sites for hydroxylation is 1. The van der Waals surface area contributed by atoms with Gasteiger partial charge in [0.25, 0.3) is 5.56 Å². The van der Waals surface area contributed by atoms with Crippen LogP contribution in [0.1, 0.15) is 31.1 Å². The Labute approximate surface area is 136 Å². The highest BCUT2D eigenvalue weighted by molar-refractivity contribution is 5.80. The number of aliphatic hydroxyl groups is 1. The van der Waals surface area contributed by atoms with Crippen LogP contribution >= 0.6 is 0 Å². The summed E-state index contributed by atoms with van der Waals surface area (Å²) >= 11 is 0. The summed E-state index contributed by atoms with van der Waals surface area (Å²) in [7, 11) is 0. The van der Waals surface area contributed by atoms with E-state index in [0.29, 0.717) is 5.56 Å². The van der Waals surface area contributed by atoms with Gasteiger partial charge in [0.1, 0.15) is 12.3 Å². The lowest BCUT2D eigenvalue weighted by Crippen LogP contribution is -2.42. The summed E-state index contributed by atoms with van der Waals surface area (Å²) in [5.74, 6) is -1.56. The molecule has 10 heteroatoms. The van der Waals surface area contributed by atoms with E-state index < -0.39 is 41.5 Å². The third-order valence-corrected chi connectivity index (χ3v) is 3.78. The van der Waals surface area contributed by atoms with Crippen LogP contribution in [0.25, 0.3) is 0 Å². The molecule has 1 fully saturated rings. The Morgan fingerprint density at radius 3 is 2.75 bits per heavy atom. The molecule has 0 aromatic carbocycles. The first kappa shape index (κ1) is 17.9. The number of carboxylic acids is 1. The van der Waals surface area contributed by atoms with Crippen LogP contribution in [0, 0.1) is 6.92 Å². The lowest BCUT2D eigenvalue weighted by atomic mass is 10.1. The molecule has 1 aliphatic rings. The Morgan fingerprint density at radius 1 is 1.42 bits per heavy atom. The number of rotatable bonds is 6. The molecule has 1 aliphatic heterocycles. The number of ether oxygens (including phenoxy) is 1. The van der Waals surface area contributed by atoms with Gasteiger partial charge >= 0.3 is 11.7 Å². The van der Waals surface area contributed by atoms with Crippen molar-refractivity contribution in [2.75, 3.05) is 6.61 Å². The number of hydrogen-bond acceptors (Lipinski definition) is 6. The number of nitrogens with one attached hydrogen (secondary N) is 2. The van der Waals surface area contributed by atoms with Crippen LogP contribution in [0.4, 0.5) is 0 Å². The number of H-pyrrole nitrogens is 1. The van der Waals surface area contributed by atoms with Crippen molar-refractivity contribution in [3.8, 4) is 0 Å². The lowest BCUT2D eigenvalue weighted by molar-refractivity contribution is -0.139. The molecule has 132 valence electrons. The van der Waals surface area contributed by atoms with E-state index in [-0.39, 0.29) is 25.9 Å². The van der Waals surface area contributed by atoms with Crippen molar-refractivity contribution in [2.24, 2.45) is 0 Å². The van der Waals surface area contributed by atoms with Gasteiger partial charge in [-0.2, -0.15) is 0 Å². The highest BCUT2D eigenvalue weighted by atomic mass is 16.5. The SMILES string of the molecule is Cc1cn([C@H]2C[C@H](NC(=O)CCC(=O)O)[C@@H](CO)O2)c(=O)[nH]c1=O. The molecule has 0 unspecified atom stereocenters. The van der Waals surface area contributed by atoms with Gasteiger partial charge in [0.2, 0.25) is 5.91 Å². The van der Waals surface area contributed by atoms with Crippen LogP contribution in [0.5, 0.6) is 0 Å². The van der Waals surface area contributed by atoms with Crippen LogP contribution in [0.2, 0.25) is 0 Å². The van der Waals surface area contributed by atoms with E-state index in [1.165, 1.54) is 10.8 Å². The van der Waals surface area contributed by atoms with Gasteiger partial charge in [-0.25, -0.2) is 4.79 Å². The average molecular weight is 341 g/mol. The number of nitrogens with zero attached hydrogens (tertiary/aromatic N) is 1. The van der Waals surface area contributed by atoms with Crippen molar-refractivity contribution in [1.82, 2.24) is 14.9 Å². The van der Waals surface area contributed by atoms with E-state index >= 15 is 0 Å². The average Bonchev–Trinajstić information content (AvgIpc) is 2.91. The van der Waals surface area contributed by atoms with Gasteiger partial charge in [-0.1, -0.05) is 0 Å². The van der Waals surface area contributed by atoms with Gasteiger partial charge in [0.05, 0.1) is 19.1 Å². The van der Waals surface area contributed by atoms with E-state index in [2.05, 4.69) is 10.3 Å². The molecule has 24 heavy (non-hydrogen) atoms. The molecule has 1 aromatic rings. The number of carbonyl (C=O) groups excluding carboxylic acids is 1. The normalized spacial score (nSPS) is 23.2. The molecule has 3 atom stereocenters.